The van der Waals surface area contributed by atoms with Crippen LogP contribution in [0.3, 0.4) is 0 Å². The number of nitrogens with one attached hydrogen (secondary N) is 2. The molecule has 0 fully saturated rings. The van der Waals surface area contributed by atoms with Crippen molar-refractivity contribution in [3.05, 3.63) is 39.4 Å². The predicted octanol–water partition coefficient (Wildman–Crippen LogP) is 4.01. The fourth-order valence-corrected chi connectivity index (χ4v) is 2.70. The first kappa shape index (κ1) is 18.2. The van der Waals surface area contributed by atoms with Crippen molar-refractivity contribution < 1.29 is 22.8 Å². The van der Waals surface area contributed by atoms with Crippen LogP contribution in [0.25, 0.3) is 0 Å². The Labute approximate surface area is 143 Å². The summed E-state index contributed by atoms with van der Waals surface area (Å²) >= 11 is 6.70. The molecule has 0 aliphatic rings. The standard InChI is InChI=1S/C14H11ClF3N3O2S/c1-6-7(2)24-13(19-6)21-12(23)11(22)20-10-4-3-8(15)5-9(10)14(16,17)18/h3-5H,1-2H3,(H,20,22)(H,19,21,23). The average Bonchev–Trinajstić information content (AvgIpc) is 2.77. The molecule has 0 spiro atoms. The van der Waals surface area contributed by atoms with E-state index in [9.17, 15) is 22.8 Å². The summed E-state index contributed by atoms with van der Waals surface area (Å²) in [5.74, 6) is -2.36. The van der Waals surface area contributed by atoms with Crippen molar-refractivity contribution in [1.29, 1.82) is 0 Å². The summed E-state index contributed by atoms with van der Waals surface area (Å²) in [4.78, 5) is 28.5. The van der Waals surface area contributed by atoms with Crippen LogP contribution in [0.4, 0.5) is 24.0 Å². The maximum Gasteiger partial charge on any atom is 0.418 e. The maximum atomic E-state index is 13.0. The number of hydrogen-bond acceptors (Lipinski definition) is 4. The van der Waals surface area contributed by atoms with E-state index in [1.165, 1.54) is 6.07 Å². The molecular formula is C14H11ClF3N3O2S. The lowest BCUT2D eigenvalue weighted by molar-refractivity contribution is -0.137. The van der Waals surface area contributed by atoms with Crippen molar-refractivity contribution in [2.75, 3.05) is 10.6 Å². The van der Waals surface area contributed by atoms with Crippen molar-refractivity contribution in [2.24, 2.45) is 0 Å². The minimum atomic E-state index is -4.73. The summed E-state index contributed by atoms with van der Waals surface area (Å²) in [5, 5.41) is 4.23. The Hall–Kier alpha value is -2.13. The zero-order chi connectivity index (χ0) is 18.1. The number of hydrogen-bond donors (Lipinski definition) is 2. The van der Waals surface area contributed by atoms with Crippen molar-refractivity contribution >= 4 is 45.6 Å². The Kier molecular flexibility index (Phi) is 5.14. The third kappa shape index (κ3) is 4.24. The molecule has 5 nitrogen and oxygen atoms in total. The Bertz CT molecular complexity index is 786. The number of alkyl halides is 3. The first-order chi connectivity index (χ1) is 11.1. The van der Waals surface area contributed by atoms with Crippen LogP contribution in [0, 0.1) is 13.8 Å². The van der Waals surface area contributed by atoms with Crippen LogP contribution < -0.4 is 10.6 Å². The molecule has 0 atom stereocenters. The van der Waals surface area contributed by atoms with Gasteiger partial charge in [-0.2, -0.15) is 13.2 Å². The number of carbonyl (C=O) groups is 2. The summed E-state index contributed by atoms with van der Waals surface area (Å²) in [6, 6.07) is 2.83. The molecule has 0 saturated heterocycles. The third-order valence-electron chi connectivity index (χ3n) is 2.99. The number of thiazole rings is 1. The molecule has 0 radical (unpaired) electrons. The van der Waals surface area contributed by atoms with E-state index in [4.69, 9.17) is 11.6 Å². The smallest absolute Gasteiger partial charge is 0.317 e. The van der Waals surface area contributed by atoms with E-state index in [2.05, 4.69) is 10.3 Å². The minimum Gasteiger partial charge on any atom is -0.317 e. The van der Waals surface area contributed by atoms with Crippen LogP contribution in [0.1, 0.15) is 16.1 Å². The first-order valence-electron chi connectivity index (χ1n) is 6.51. The average molecular weight is 378 g/mol. The van der Waals surface area contributed by atoms with Gasteiger partial charge in [-0.25, -0.2) is 4.98 Å². The maximum absolute atomic E-state index is 13.0. The minimum absolute atomic E-state index is 0.140. The molecule has 2 amide bonds. The summed E-state index contributed by atoms with van der Waals surface area (Å²) < 4.78 is 38.9. The number of anilines is 2. The summed E-state index contributed by atoms with van der Waals surface area (Å²) in [7, 11) is 0. The number of nitrogens with zero attached hydrogens (tertiary/aromatic N) is 1. The van der Waals surface area contributed by atoms with E-state index in [0.717, 1.165) is 22.3 Å². The van der Waals surface area contributed by atoms with Crippen LogP contribution in [0.5, 0.6) is 0 Å². The molecule has 0 unspecified atom stereocenters. The lowest BCUT2D eigenvalue weighted by Gasteiger charge is -2.13. The van der Waals surface area contributed by atoms with E-state index >= 15 is 0 Å². The van der Waals surface area contributed by atoms with Gasteiger partial charge in [-0.1, -0.05) is 11.6 Å². The fourth-order valence-electron chi connectivity index (χ4n) is 1.72. The number of carbonyl (C=O) groups excluding carboxylic acids is 2. The van der Waals surface area contributed by atoms with Gasteiger partial charge in [0, 0.05) is 9.90 Å². The largest absolute Gasteiger partial charge is 0.418 e. The van der Waals surface area contributed by atoms with Gasteiger partial charge in [0.25, 0.3) is 0 Å². The number of aryl methyl sites for hydroxylation is 2. The van der Waals surface area contributed by atoms with Gasteiger partial charge in [0.1, 0.15) is 0 Å². The molecule has 0 saturated carbocycles. The van der Waals surface area contributed by atoms with Crippen LogP contribution in [-0.4, -0.2) is 16.8 Å². The van der Waals surface area contributed by atoms with Crippen LogP contribution in [-0.2, 0) is 15.8 Å². The Morgan fingerprint density at radius 2 is 1.79 bits per heavy atom. The zero-order valence-electron chi connectivity index (χ0n) is 12.4. The highest BCUT2D eigenvalue weighted by molar-refractivity contribution is 7.15. The van der Waals surface area contributed by atoms with Crippen LogP contribution in [0.2, 0.25) is 5.02 Å². The van der Waals surface area contributed by atoms with Crippen molar-refractivity contribution in [3.8, 4) is 0 Å². The van der Waals surface area contributed by atoms with Gasteiger partial charge in [0.05, 0.1) is 16.9 Å². The number of rotatable bonds is 2. The van der Waals surface area contributed by atoms with E-state index in [1.54, 1.807) is 13.8 Å². The van der Waals surface area contributed by atoms with E-state index in [1.807, 2.05) is 5.32 Å². The first-order valence-corrected chi connectivity index (χ1v) is 7.70. The second-order valence-corrected chi connectivity index (χ2v) is 6.40. The molecule has 1 aromatic carbocycles. The zero-order valence-corrected chi connectivity index (χ0v) is 14.0. The molecule has 128 valence electrons. The van der Waals surface area contributed by atoms with Gasteiger partial charge in [-0.3, -0.25) is 14.9 Å². The summed E-state index contributed by atoms with van der Waals surface area (Å²) in [6.45, 7) is 3.51. The summed E-state index contributed by atoms with van der Waals surface area (Å²) in [6.07, 6.45) is -4.73. The fraction of sp³-hybridized carbons (Fsp3) is 0.214. The van der Waals surface area contributed by atoms with Crippen LogP contribution in [0.15, 0.2) is 18.2 Å². The molecule has 2 rings (SSSR count). The molecular weight excluding hydrogens is 367 g/mol. The Balaban J connectivity index is 2.16. The van der Waals surface area contributed by atoms with Crippen molar-refractivity contribution in [2.45, 2.75) is 20.0 Å². The van der Waals surface area contributed by atoms with E-state index in [-0.39, 0.29) is 10.2 Å². The molecule has 2 N–H and O–H groups in total. The quantitative estimate of drug-likeness (QED) is 0.777. The third-order valence-corrected chi connectivity index (χ3v) is 4.21. The van der Waals surface area contributed by atoms with Crippen molar-refractivity contribution in [3.63, 3.8) is 0 Å². The number of aromatic nitrogens is 1. The molecule has 24 heavy (non-hydrogen) atoms. The Morgan fingerprint density at radius 3 is 2.33 bits per heavy atom. The monoisotopic (exact) mass is 377 g/mol. The van der Waals surface area contributed by atoms with Crippen molar-refractivity contribution in [1.82, 2.24) is 4.98 Å². The van der Waals surface area contributed by atoms with E-state index in [0.29, 0.717) is 11.8 Å². The Morgan fingerprint density at radius 1 is 1.17 bits per heavy atom. The molecule has 1 aromatic heterocycles. The summed E-state index contributed by atoms with van der Waals surface area (Å²) in [5.41, 5.74) is -1.01. The van der Waals surface area contributed by atoms with Gasteiger partial charge in [-0.15, -0.1) is 11.3 Å². The molecule has 0 aliphatic carbocycles. The number of amides is 2. The lowest BCUT2D eigenvalue weighted by atomic mass is 10.1. The number of halogens is 4. The SMILES string of the molecule is Cc1nc(NC(=O)C(=O)Nc2ccc(Cl)cc2C(F)(F)F)sc1C. The predicted molar refractivity (Wildman–Crippen MR) is 85.3 cm³/mol. The highest BCUT2D eigenvalue weighted by atomic mass is 35.5. The normalized spacial score (nSPS) is 11.2. The van der Waals surface area contributed by atoms with E-state index < -0.39 is 29.2 Å². The number of benzene rings is 1. The van der Waals surface area contributed by atoms with Gasteiger partial charge in [0.15, 0.2) is 5.13 Å². The highest BCUT2D eigenvalue weighted by Crippen LogP contribution is 2.36. The second-order valence-electron chi connectivity index (χ2n) is 4.76. The lowest BCUT2D eigenvalue weighted by Crippen LogP contribution is -2.30. The van der Waals surface area contributed by atoms with Crippen LogP contribution >= 0.6 is 22.9 Å². The molecule has 0 aliphatic heterocycles. The molecule has 0 bridgehead atoms. The highest BCUT2D eigenvalue weighted by Gasteiger charge is 2.34. The molecule has 1 heterocycles. The van der Waals surface area contributed by atoms with Gasteiger partial charge in [-0.05, 0) is 32.0 Å². The second kappa shape index (κ2) is 6.78. The van der Waals surface area contributed by atoms with Gasteiger partial charge >= 0.3 is 18.0 Å². The molecule has 2 aromatic rings. The van der Waals surface area contributed by atoms with Gasteiger partial charge < -0.3 is 5.32 Å². The molecule has 10 heteroatoms. The van der Waals surface area contributed by atoms with Gasteiger partial charge in [0.2, 0.25) is 0 Å². The topological polar surface area (TPSA) is 71.1 Å².